The maximum Gasteiger partial charge on any atom is 0.397 e. The van der Waals surface area contributed by atoms with Crippen LogP contribution in [-0.2, 0) is 14.6 Å². The van der Waals surface area contributed by atoms with E-state index in [1.807, 2.05) is 0 Å². The molecule has 42 heavy (non-hydrogen) atoms. The minimum Gasteiger partial charge on any atom is -0.264 e. The van der Waals surface area contributed by atoms with Crippen LogP contribution in [-0.4, -0.2) is 19.6 Å². The summed E-state index contributed by atoms with van der Waals surface area (Å²) in [4.78, 5) is 0. The third-order valence-corrected chi connectivity index (χ3v) is 9.18. The molecule has 0 saturated carbocycles. The van der Waals surface area contributed by atoms with Gasteiger partial charge in [0.05, 0.1) is 6.61 Å². The minimum atomic E-state index is -4.37. The van der Waals surface area contributed by atoms with Crippen molar-refractivity contribution < 1.29 is 17.2 Å². The van der Waals surface area contributed by atoms with E-state index in [1.165, 1.54) is 180 Å². The Hall–Kier alpha value is -0.390. The summed E-state index contributed by atoms with van der Waals surface area (Å²) in [5.74, 6) is 0.0565. The average molecular weight is 615 g/mol. The molecule has 0 aromatic carbocycles. The van der Waals surface area contributed by atoms with Gasteiger partial charge in [0.2, 0.25) is 0 Å². The number of rotatable bonds is 35. The Morgan fingerprint density at radius 2 is 0.810 bits per heavy atom. The first kappa shape index (κ1) is 41.6. The van der Waals surface area contributed by atoms with E-state index in [0.29, 0.717) is 0 Å². The predicted molar refractivity (Wildman–Crippen MR) is 185 cm³/mol. The molecule has 5 heteroatoms. The Bertz CT molecular complexity index is 646. The molecule has 0 aliphatic rings. The SMILES string of the molecule is CCCCCCCCCCCCCCCCCCCC/C=C/C(CCCCCCCCCCCCC)COS(=O)(=O)O. The van der Waals surface area contributed by atoms with Crippen molar-refractivity contribution in [2.24, 2.45) is 5.92 Å². The highest BCUT2D eigenvalue weighted by Crippen LogP contribution is 2.18. The monoisotopic (exact) mass is 615 g/mol. The molecule has 0 radical (unpaired) electrons. The molecule has 1 N–H and O–H groups in total. The first-order valence-corrected chi connectivity index (χ1v) is 20.1. The number of hydrogen-bond acceptors (Lipinski definition) is 3. The van der Waals surface area contributed by atoms with Gasteiger partial charge in [0.15, 0.2) is 0 Å². The van der Waals surface area contributed by atoms with Crippen LogP contribution in [0.25, 0.3) is 0 Å². The largest absolute Gasteiger partial charge is 0.397 e. The zero-order valence-electron chi connectivity index (χ0n) is 28.4. The molecular weight excluding hydrogens is 540 g/mol. The summed E-state index contributed by atoms with van der Waals surface area (Å²) in [6.45, 7) is 4.60. The molecule has 0 heterocycles. The summed E-state index contributed by atoms with van der Waals surface area (Å²) in [5.41, 5.74) is 0. The van der Waals surface area contributed by atoms with Crippen molar-refractivity contribution in [3.05, 3.63) is 12.2 Å². The van der Waals surface area contributed by atoms with Crippen molar-refractivity contribution in [1.82, 2.24) is 0 Å². The lowest BCUT2D eigenvalue weighted by Gasteiger charge is -2.12. The Morgan fingerprint density at radius 1 is 0.500 bits per heavy atom. The Morgan fingerprint density at radius 3 is 1.14 bits per heavy atom. The molecule has 0 spiro atoms. The molecule has 0 amide bonds. The first-order chi connectivity index (χ1) is 20.5. The van der Waals surface area contributed by atoms with Crippen molar-refractivity contribution >= 4 is 10.4 Å². The molecule has 0 aromatic heterocycles. The van der Waals surface area contributed by atoms with E-state index < -0.39 is 10.4 Å². The van der Waals surface area contributed by atoms with Gasteiger partial charge in [-0.05, 0) is 19.3 Å². The van der Waals surface area contributed by atoms with Crippen molar-refractivity contribution in [2.75, 3.05) is 6.61 Å². The Balaban J connectivity index is 3.69. The van der Waals surface area contributed by atoms with Crippen LogP contribution in [0.3, 0.4) is 0 Å². The summed E-state index contributed by atoms with van der Waals surface area (Å²) < 4.78 is 35.8. The molecule has 0 saturated heterocycles. The summed E-state index contributed by atoms with van der Waals surface area (Å²) >= 11 is 0. The molecule has 0 fully saturated rings. The highest BCUT2D eigenvalue weighted by molar-refractivity contribution is 7.80. The molecule has 0 aromatic rings. The molecule has 4 nitrogen and oxygen atoms in total. The van der Waals surface area contributed by atoms with E-state index in [4.69, 9.17) is 8.74 Å². The first-order valence-electron chi connectivity index (χ1n) is 18.8. The highest BCUT2D eigenvalue weighted by Gasteiger charge is 2.11. The molecular formula is C37H74O4S. The second-order valence-electron chi connectivity index (χ2n) is 13.0. The van der Waals surface area contributed by atoms with Gasteiger partial charge in [-0.1, -0.05) is 206 Å². The lowest BCUT2D eigenvalue weighted by atomic mass is 9.99. The van der Waals surface area contributed by atoms with Gasteiger partial charge in [0.1, 0.15) is 0 Å². The van der Waals surface area contributed by atoms with Crippen LogP contribution >= 0.6 is 0 Å². The topological polar surface area (TPSA) is 63.6 Å². The lowest BCUT2D eigenvalue weighted by Crippen LogP contribution is -2.12. The molecule has 0 aliphatic heterocycles. The molecule has 1 unspecified atom stereocenters. The molecule has 0 bridgehead atoms. The van der Waals surface area contributed by atoms with Gasteiger partial charge in [-0.2, -0.15) is 8.42 Å². The Kier molecular flexibility index (Phi) is 33.2. The van der Waals surface area contributed by atoms with Gasteiger partial charge < -0.3 is 0 Å². The van der Waals surface area contributed by atoms with Crippen LogP contribution < -0.4 is 0 Å². The van der Waals surface area contributed by atoms with Crippen molar-refractivity contribution in [3.63, 3.8) is 0 Å². The summed E-state index contributed by atoms with van der Waals surface area (Å²) in [6, 6.07) is 0. The van der Waals surface area contributed by atoms with E-state index in [1.54, 1.807) is 0 Å². The van der Waals surface area contributed by atoms with E-state index >= 15 is 0 Å². The fourth-order valence-corrected chi connectivity index (χ4v) is 6.28. The van der Waals surface area contributed by atoms with Crippen molar-refractivity contribution in [3.8, 4) is 0 Å². The highest BCUT2D eigenvalue weighted by atomic mass is 32.3. The van der Waals surface area contributed by atoms with E-state index in [9.17, 15) is 8.42 Å². The van der Waals surface area contributed by atoms with Crippen LogP contribution in [0.4, 0.5) is 0 Å². The third kappa shape index (κ3) is 35.8. The van der Waals surface area contributed by atoms with Crippen LogP contribution in [0.2, 0.25) is 0 Å². The third-order valence-electron chi connectivity index (χ3n) is 8.74. The van der Waals surface area contributed by atoms with E-state index in [0.717, 1.165) is 19.3 Å². The van der Waals surface area contributed by atoms with Crippen molar-refractivity contribution in [2.45, 2.75) is 213 Å². The zero-order chi connectivity index (χ0) is 30.8. The van der Waals surface area contributed by atoms with Gasteiger partial charge in [0.25, 0.3) is 0 Å². The van der Waals surface area contributed by atoms with Gasteiger partial charge in [-0.25, -0.2) is 4.18 Å². The average Bonchev–Trinajstić information content (AvgIpc) is 2.96. The van der Waals surface area contributed by atoms with Gasteiger partial charge >= 0.3 is 10.4 Å². The predicted octanol–water partition coefficient (Wildman–Crippen LogP) is 13.1. The lowest BCUT2D eigenvalue weighted by molar-refractivity contribution is 0.234. The number of hydrogen-bond donors (Lipinski definition) is 1. The normalized spacial score (nSPS) is 12.9. The van der Waals surface area contributed by atoms with Gasteiger partial charge in [-0.15, -0.1) is 0 Å². The maximum absolute atomic E-state index is 11.1. The van der Waals surface area contributed by atoms with Gasteiger partial charge in [-0.3, -0.25) is 4.55 Å². The molecule has 252 valence electrons. The quantitative estimate of drug-likeness (QED) is 0.0438. The van der Waals surface area contributed by atoms with Crippen LogP contribution in [0, 0.1) is 5.92 Å². The Labute approximate surface area is 264 Å². The fraction of sp³-hybridized carbons (Fsp3) is 0.946. The standard InChI is InChI=1S/C37H74O4S/c1-3-5-7-9-11-13-15-16-17-18-19-20-21-22-23-25-27-29-31-33-35-37(36-41-42(38,39)40)34-32-30-28-26-24-14-12-10-8-6-4-2/h33,35,37H,3-32,34,36H2,1-2H3,(H,38,39,40)/b35-33+. The molecule has 0 aliphatic carbocycles. The van der Waals surface area contributed by atoms with Gasteiger partial charge in [0, 0.05) is 5.92 Å². The van der Waals surface area contributed by atoms with Crippen molar-refractivity contribution in [1.29, 1.82) is 0 Å². The summed E-state index contributed by atoms with van der Waals surface area (Å²) in [6.07, 6.45) is 45.6. The summed E-state index contributed by atoms with van der Waals surface area (Å²) in [5, 5.41) is 0. The smallest absolute Gasteiger partial charge is 0.264 e. The molecule has 1 atom stereocenters. The summed E-state index contributed by atoms with van der Waals surface area (Å²) in [7, 11) is -4.37. The van der Waals surface area contributed by atoms with Crippen LogP contribution in [0.1, 0.15) is 213 Å². The zero-order valence-corrected chi connectivity index (χ0v) is 29.3. The number of unbranched alkanes of at least 4 members (excludes halogenated alkanes) is 28. The fourth-order valence-electron chi connectivity index (χ4n) is 5.93. The second kappa shape index (κ2) is 33.5. The second-order valence-corrected chi connectivity index (χ2v) is 14.1. The molecule has 0 rings (SSSR count). The number of allylic oxidation sites excluding steroid dienone is 1. The van der Waals surface area contributed by atoms with E-state index in [-0.39, 0.29) is 12.5 Å². The van der Waals surface area contributed by atoms with E-state index in [2.05, 4.69) is 26.0 Å². The van der Waals surface area contributed by atoms with Crippen LogP contribution in [0.5, 0.6) is 0 Å². The maximum atomic E-state index is 11.1. The van der Waals surface area contributed by atoms with Crippen LogP contribution in [0.15, 0.2) is 12.2 Å². The minimum absolute atomic E-state index is 0.0478.